The number of likely N-dealkylation sites (N-methyl/N-ethyl adjacent to an activating group) is 8. The SMILES string of the molecule is CC[C@H](C)[C@@H]1NC(=O)[C@H](CC(C)C)N(C)C(=O)C[C@@H](C(=O)N(C)C)N(C)C(=O)[C@H](C2CCCC2)N(C)C(=O)C2(CCCC2)NC(=O)[C@H](Cc2ccc(C(F)F)cc2)N(C)C(=O)[C@H](CCc2ccc(C(F)(F)F)c(Cl)c2)NC(=O)CN(C)C(=O)[C@H](CC2CCCCC2)N(C)C(=O)[C@@H]2CCN2C(=O)[C@H](C)N(C)C1=O. The minimum Gasteiger partial charge on any atom is -0.347 e. The van der Waals surface area contributed by atoms with E-state index in [9.17, 15) is 55.5 Å². The van der Waals surface area contributed by atoms with Gasteiger partial charge in [-0.1, -0.05) is 134 Å². The molecule has 24 nitrogen and oxygen atoms in total. The molecule has 30 heteroatoms. The standard InChI is InChI=1S/C77H112ClF5N12O12/c1-15-46(4)63-73(105)89(9)47(5)68(100)95-38-35-56(95)72(104)92(12)59(42-48-23-17-16-18-24-48)71(103)88(8)44-61(96)84-55(34-30-49-29-33-53(54(78)40-49)77(81,82)83)69(101)91(11)58(41-50-27-31-52(32-28-50)65(79)80)67(99)86-76(36-21-22-37-76)75(107)94(14)64(51-25-19-20-26-51)74(106)93(13)60(70(102)87(6)7)43-62(97)90(10)57(39-45(2)3)66(98)85-63/h27-29,31-33,40,45-48,51,55-60,63-65H,15-26,30,34-39,41-44H2,1-14H3,(H,84,96)(H,85,98)(H,86,99)/t46-,47-,55-,56-,57-,58-,59-,60-,63-,64-/m0/s1. The lowest BCUT2D eigenvalue weighted by Gasteiger charge is -2.45. The zero-order valence-corrected chi connectivity index (χ0v) is 65.3. The maximum absolute atomic E-state index is 15.8. The molecule has 2 aliphatic heterocycles. The molecule has 2 saturated heterocycles. The summed E-state index contributed by atoms with van der Waals surface area (Å²) in [6, 6.07) is -3.97. The maximum atomic E-state index is 15.8. The molecule has 3 aliphatic carbocycles. The van der Waals surface area contributed by atoms with Crippen LogP contribution in [0.25, 0.3) is 0 Å². The first-order chi connectivity index (χ1) is 50.2. The van der Waals surface area contributed by atoms with Gasteiger partial charge in [-0.05, 0) is 112 Å². The molecule has 0 bridgehead atoms. The van der Waals surface area contributed by atoms with Gasteiger partial charge in [-0.25, -0.2) is 8.78 Å². The Balaban J connectivity index is 1.35. The number of nitrogens with one attached hydrogen (secondary N) is 3. The fourth-order valence-electron chi connectivity index (χ4n) is 15.9. The molecule has 5 fully saturated rings. The average Bonchev–Trinajstić information content (AvgIpc) is 1.62. The van der Waals surface area contributed by atoms with Crippen LogP contribution in [-0.4, -0.2) is 251 Å². The molecule has 1 spiro atoms. The van der Waals surface area contributed by atoms with E-state index in [1.165, 1.54) is 112 Å². The third-order valence-electron chi connectivity index (χ3n) is 23.1. The van der Waals surface area contributed by atoms with Crippen LogP contribution in [0.1, 0.15) is 185 Å². The zero-order chi connectivity index (χ0) is 79.4. The molecule has 12 amide bonds. The van der Waals surface area contributed by atoms with E-state index in [-0.39, 0.29) is 86.4 Å². The molecule has 2 heterocycles. The van der Waals surface area contributed by atoms with Crippen LogP contribution in [0.4, 0.5) is 22.0 Å². The van der Waals surface area contributed by atoms with Gasteiger partial charge in [0.2, 0.25) is 70.9 Å². The maximum Gasteiger partial charge on any atom is 0.417 e. The summed E-state index contributed by atoms with van der Waals surface area (Å²) in [4.78, 5) is 192. The molecule has 0 radical (unpaired) electrons. The number of hydrogen-bond acceptors (Lipinski definition) is 12. The van der Waals surface area contributed by atoms with Crippen molar-refractivity contribution in [2.45, 2.75) is 242 Å². The average molecular weight is 1530 g/mol. The Morgan fingerprint density at radius 3 is 1.80 bits per heavy atom. The van der Waals surface area contributed by atoms with Crippen LogP contribution in [0.2, 0.25) is 5.02 Å². The van der Waals surface area contributed by atoms with Crippen molar-refractivity contribution in [1.82, 2.24) is 60.0 Å². The Hall–Kier alpha value is -7.98. The lowest BCUT2D eigenvalue weighted by atomic mass is 9.84. The highest BCUT2D eigenvalue weighted by atomic mass is 35.5. The van der Waals surface area contributed by atoms with Crippen LogP contribution >= 0.6 is 11.6 Å². The highest BCUT2D eigenvalue weighted by Crippen LogP contribution is 2.39. The third kappa shape index (κ3) is 20.9. The molecule has 107 heavy (non-hydrogen) atoms. The van der Waals surface area contributed by atoms with Gasteiger partial charge in [-0.3, -0.25) is 57.5 Å². The number of amides is 12. The van der Waals surface area contributed by atoms with Gasteiger partial charge in [0.05, 0.1) is 23.6 Å². The molecule has 0 unspecified atom stereocenters. The zero-order valence-electron chi connectivity index (χ0n) is 64.6. The van der Waals surface area contributed by atoms with E-state index in [1.54, 1.807) is 6.92 Å². The summed E-state index contributed by atoms with van der Waals surface area (Å²) in [5.74, 6) is -9.99. The second kappa shape index (κ2) is 37.4. The van der Waals surface area contributed by atoms with Crippen LogP contribution in [0.15, 0.2) is 42.5 Å². The van der Waals surface area contributed by atoms with Crippen molar-refractivity contribution in [3.05, 3.63) is 69.7 Å². The number of aryl methyl sites for hydroxylation is 1. The molecule has 594 valence electrons. The van der Waals surface area contributed by atoms with Crippen molar-refractivity contribution in [1.29, 1.82) is 0 Å². The lowest BCUT2D eigenvalue weighted by molar-refractivity contribution is -0.160. The Morgan fingerprint density at radius 2 is 1.25 bits per heavy atom. The Kier molecular flexibility index (Phi) is 30.2. The van der Waals surface area contributed by atoms with Crippen LogP contribution in [0.3, 0.4) is 0 Å². The van der Waals surface area contributed by atoms with E-state index in [0.717, 1.165) is 77.1 Å². The van der Waals surface area contributed by atoms with E-state index < -0.39 is 179 Å². The van der Waals surface area contributed by atoms with Crippen LogP contribution < -0.4 is 16.0 Å². The highest BCUT2D eigenvalue weighted by molar-refractivity contribution is 6.31. The summed E-state index contributed by atoms with van der Waals surface area (Å²) in [5.41, 5.74) is -2.74. The number of halogens is 6. The summed E-state index contributed by atoms with van der Waals surface area (Å²) in [6.45, 7) is 8.15. The Bertz CT molecular complexity index is 3530. The minimum absolute atomic E-state index is 0.0299. The molecular formula is C77H112ClF5N12O12. The summed E-state index contributed by atoms with van der Waals surface area (Å²) in [5, 5.41) is 7.97. The van der Waals surface area contributed by atoms with Crippen molar-refractivity contribution in [2.75, 3.05) is 76.5 Å². The van der Waals surface area contributed by atoms with Gasteiger partial charge in [0.25, 0.3) is 6.43 Å². The van der Waals surface area contributed by atoms with Crippen LogP contribution in [0.5, 0.6) is 0 Å². The van der Waals surface area contributed by atoms with Crippen LogP contribution in [0, 0.1) is 23.7 Å². The van der Waals surface area contributed by atoms with Gasteiger partial charge in [-0.2, -0.15) is 13.2 Å². The fourth-order valence-corrected chi connectivity index (χ4v) is 16.2. The predicted molar refractivity (Wildman–Crippen MR) is 391 cm³/mol. The molecule has 0 aromatic heterocycles. The van der Waals surface area contributed by atoms with Crippen molar-refractivity contribution in [3.63, 3.8) is 0 Å². The number of nitrogens with zero attached hydrogens (tertiary/aromatic N) is 9. The summed E-state index contributed by atoms with van der Waals surface area (Å²) in [7, 11) is 12.5. The molecule has 2 aromatic carbocycles. The summed E-state index contributed by atoms with van der Waals surface area (Å²) < 4.78 is 70.2. The van der Waals surface area contributed by atoms with Crippen molar-refractivity contribution < 1.29 is 79.5 Å². The topological polar surface area (TPSA) is 270 Å². The number of carbonyl (C=O) groups excluding carboxylic acids is 12. The second-order valence-electron chi connectivity index (χ2n) is 31.1. The number of rotatable bonds is 14. The van der Waals surface area contributed by atoms with E-state index in [4.69, 9.17) is 11.6 Å². The van der Waals surface area contributed by atoms with E-state index >= 15 is 24.0 Å². The fraction of sp³-hybridized carbons (Fsp3) is 0.688. The first-order valence-corrected chi connectivity index (χ1v) is 38.1. The quantitative estimate of drug-likeness (QED) is 0.154. The minimum atomic E-state index is -4.82. The first kappa shape index (κ1) is 86.3. The summed E-state index contributed by atoms with van der Waals surface area (Å²) >= 11 is 6.19. The lowest BCUT2D eigenvalue weighted by Crippen LogP contribution is -2.65. The monoisotopic (exact) mass is 1530 g/mol. The van der Waals surface area contributed by atoms with E-state index in [0.29, 0.717) is 44.9 Å². The first-order valence-electron chi connectivity index (χ1n) is 37.8. The van der Waals surface area contributed by atoms with Crippen molar-refractivity contribution >= 4 is 82.5 Å². The third-order valence-corrected chi connectivity index (χ3v) is 23.4. The van der Waals surface area contributed by atoms with Gasteiger partial charge < -0.3 is 60.0 Å². The normalized spacial score (nSPS) is 26.3. The number of benzene rings is 2. The summed E-state index contributed by atoms with van der Waals surface area (Å²) in [6.07, 6.45) is -1.06. The van der Waals surface area contributed by atoms with E-state index in [1.807, 2.05) is 20.8 Å². The number of hydrogen-bond donors (Lipinski definition) is 3. The second-order valence-corrected chi connectivity index (χ2v) is 31.6. The highest BCUT2D eigenvalue weighted by Gasteiger charge is 2.52. The smallest absolute Gasteiger partial charge is 0.347 e. The number of fused-ring (bicyclic) bond motifs is 1. The molecule has 10 atom stereocenters. The van der Waals surface area contributed by atoms with Gasteiger partial charge in [0.1, 0.15) is 59.9 Å². The molecule has 7 rings (SSSR count). The van der Waals surface area contributed by atoms with Gasteiger partial charge >= 0.3 is 6.18 Å². The number of alkyl halides is 5. The predicted octanol–water partition coefficient (Wildman–Crippen LogP) is 7.66. The van der Waals surface area contributed by atoms with Gasteiger partial charge in [-0.15, -0.1) is 0 Å². The molecule has 5 aliphatic rings. The molecular weight excluding hydrogens is 1420 g/mol. The molecule has 2 aromatic rings. The van der Waals surface area contributed by atoms with Gasteiger partial charge in [0.15, 0.2) is 0 Å². The molecule has 3 saturated carbocycles. The van der Waals surface area contributed by atoms with Crippen molar-refractivity contribution in [2.24, 2.45) is 23.7 Å². The molecule has 3 N–H and O–H groups in total. The number of carbonyl (C=O) groups is 12. The van der Waals surface area contributed by atoms with Crippen molar-refractivity contribution in [3.8, 4) is 0 Å². The Morgan fingerprint density at radius 1 is 0.654 bits per heavy atom. The Labute approximate surface area is 631 Å². The van der Waals surface area contributed by atoms with Crippen LogP contribution in [-0.2, 0) is 76.6 Å². The van der Waals surface area contributed by atoms with Gasteiger partial charge in [0, 0.05) is 82.0 Å². The van der Waals surface area contributed by atoms with E-state index in [2.05, 4.69) is 16.0 Å². The largest absolute Gasteiger partial charge is 0.417 e.